The smallest absolute Gasteiger partial charge is 0.363 e. The van der Waals surface area contributed by atoms with Gasteiger partial charge in [-0.25, -0.2) is 9.79 Å². The monoisotopic (exact) mass is 297 g/mol. The topological polar surface area (TPSA) is 38.7 Å². The molecule has 2 aromatic rings. The summed E-state index contributed by atoms with van der Waals surface area (Å²) < 4.78 is 5.21. The number of benzene rings is 2. The highest BCUT2D eigenvalue weighted by Crippen LogP contribution is 2.21. The lowest BCUT2D eigenvalue weighted by Crippen LogP contribution is -2.05. The van der Waals surface area contributed by atoms with E-state index in [1.807, 2.05) is 31.2 Å². The van der Waals surface area contributed by atoms with Crippen molar-refractivity contribution in [2.45, 2.75) is 6.92 Å². The first-order chi connectivity index (χ1) is 10.1. The van der Waals surface area contributed by atoms with Gasteiger partial charge in [0, 0.05) is 10.6 Å². The molecule has 0 aromatic heterocycles. The fourth-order valence-electron chi connectivity index (χ4n) is 2.05. The standard InChI is InChI=1S/C17H12ClNO2/c1-11-5-2-3-6-12(11)10-15-17(20)21-16(19-15)13-7-4-8-14(18)9-13/h2-10H,1H3. The predicted molar refractivity (Wildman–Crippen MR) is 83.2 cm³/mol. The van der Waals surface area contributed by atoms with Crippen LogP contribution in [0.5, 0.6) is 0 Å². The molecular formula is C17H12ClNO2. The van der Waals surface area contributed by atoms with Crippen molar-refractivity contribution in [2.24, 2.45) is 4.99 Å². The Balaban J connectivity index is 1.98. The van der Waals surface area contributed by atoms with E-state index in [0.29, 0.717) is 16.3 Å². The largest absolute Gasteiger partial charge is 0.402 e. The van der Waals surface area contributed by atoms with Crippen LogP contribution >= 0.6 is 11.6 Å². The molecule has 4 heteroatoms. The van der Waals surface area contributed by atoms with Crippen LogP contribution in [0.4, 0.5) is 0 Å². The van der Waals surface area contributed by atoms with E-state index in [-0.39, 0.29) is 5.90 Å². The minimum absolute atomic E-state index is 0.280. The van der Waals surface area contributed by atoms with Gasteiger partial charge in [0.15, 0.2) is 5.70 Å². The number of aryl methyl sites for hydroxylation is 1. The zero-order valence-electron chi connectivity index (χ0n) is 11.3. The second-order valence-corrected chi connectivity index (χ2v) is 5.14. The quantitative estimate of drug-likeness (QED) is 0.621. The normalized spacial score (nSPS) is 16.0. The summed E-state index contributed by atoms with van der Waals surface area (Å²) in [4.78, 5) is 16.2. The summed E-state index contributed by atoms with van der Waals surface area (Å²) in [6, 6.07) is 14.8. The van der Waals surface area contributed by atoms with Crippen LogP contribution in [0.2, 0.25) is 5.02 Å². The van der Waals surface area contributed by atoms with E-state index in [9.17, 15) is 4.79 Å². The van der Waals surface area contributed by atoms with Gasteiger partial charge in [-0.3, -0.25) is 0 Å². The van der Waals surface area contributed by atoms with E-state index in [2.05, 4.69) is 4.99 Å². The summed E-state index contributed by atoms with van der Waals surface area (Å²) >= 11 is 5.94. The molecule has 0 saturated heterocycles. The van der Waals surface area contributed by atoms with E-state index in [4.69, 9.17) is 16.3 Å². The summed E-state index contributed by atoms with van der Waals surface area (Å²) in [5, 5.41) is 0.572. The number of halogens is 1. The molecule has 0 radical (unpaired) electrons. The fraction of sp³-hybridized carbons (Fsp3) is 0.0588. The van der Waals surface area contributed by atoms with Crippen molar-refractivity contribution < 1.29 is 9.53 Å². The Morgan fingerprint density at radius 2 is 1.95 bits per heavy atom. The molecule has 0 aliphatic carbocycles. The number of aliphatic imine (C=N–C) groups is 1. The van der Waals surface area contributed by atoms with Crippen LogP contribution in [0.1, 0.15) is 16.7 Å². The first-order valence-corrected chi connectivity index (χ1v) is 6.85. The average molecular weight is 298 g/mol. The minimum atomic E-state index is -0.451. The number of hydrogen-bond acceptors (Lipinski definition) is 3. The van der Waals surface area contributed by atoms with Crippen molar-refractivity contribution in [3.8, 4) is 0 Å². The number of carbonyl (C=O) groups is 1. The van der Waals surface area contributed by atoms with Crippen molar-refractivity contribution in [1.82, 2.24) is 0 Å². The van der Waals surface area contributed by atoms with Crippen molar-refractivity contribution >= 4 is 29.5 Å². The molecule has 1 heterocycles. The van der Waals surface area contributed by atoms with Crippen LogP contribution in [0.25, 0.3) is 6.08 Å². The van der Waals surface area contributed by atoms with Gasteiger partial charge in [-0.15, -0.1) is 0 Å². The molecule has 1 aliphatic rings. The molecule has 21 heavy (non-hydrogen) atoms. The molecule has 0 spiro atoms. The van der Waals surface area contributed by atoms with Crippen LogP contribution in [-0.4, -0.2) is 11.9 Å². The lowest BCUT2D eigenvalue weighted by atomic mass is 10.1. The Morgan fingerprint density at radius 3 is 2.71 bits per heavy atom. The highest BCUT2D eigenvalue weighted by atomic mass is 35.5. The molecular weight excluding hydrogens is 286 g/mol. The third-order valence-electron chi connectivity index (χ3n) is 3.17. The van der Waals surface area contributed by atoms with E-state index >= 15 is 0 Å². The van der Waals surface area contributed by atoms with Gasteiger partial charge in [0.05, 0.1) is 0 Å². The maximum atomic E-state index is 11.9. The van der Waals surface area contributed by atoms with Crippen LogP contribution in [0.3, 0.4) is 0 Å². The van der Waals surface area contributed by atoms with Crippen molar-refractivity contribution in [2.75, 3.05) is 0 Å². The minimum Gasteiger partial charge on any atom is -0.402 e. The lowest BCUT2D eigenvalue weighted by molar-refractivity contribution is -0.129. The highest BCUT2D eigenvalue weighted by Gasteiger charge is 2.24. The summed E-state index contributed by atoms with van der Waals surface area (Å²) in [6.07, 6.45) is 1.73. The van der Waals surface area contributed by atoms with E-state index < -0.39 is 5.97 Å². The van der Waals surface area contributed by atoms with E-state index in [1.54, 1.807) is 30.3 Å². The molecule has 1 aliphatic heterocycles. The molecule has 104 valence electrons. The maximum absolute atomic E-state index is 11.9. The van der Waals surface area contributed by atoms with E-state index in [0.717, 1.165) is 11.1 Å². The third-order valence-corrected chi connectivity index (χ3v) is 3.41. The van der Waals surface area contributed by atoms with Gasteiger partial charge >= 0.3 is 5.97 Å². The lowest BCUT2D eigenvalue weighted by Gasteiger charge is -1.99. The Kier molecular flexibility index (Phi) is 3.59. The first-order valence-electron chi connectivity index (χ1n) is 6.47. The van der Waals surface area contributed by atoms with Crippen molar-refractivity contribution in [1.29, 1.82) is 0 Å². The van der Waals surface area contributed by atoms with Gasteiger partial charge in [0.1, 0.15) is 0 Å². The number of nitrogens with zero attached hydrogens (tertiary/aromatic N) is 1. The van der Waals surface area contributed by atoms with Gasteiger partial charge in [-0.2, -0.15) is 0 Å². The second-order valence-electron chi connectivity index (χ2n) is 4.70. The number of esters is 1. The molecule has 2 aromatic carbocycles. The summed E-state index contributed by atoms with van der Waals surface area (Å²) in [5.41, 5.74) is 2.99. The van der Waals surface area contributed by atoms with Gasteiger partial charge < -0.3 is 4.74 Å². The number of cyclic esters (lactones) is 1. The van der Waals surface area contributed by atoms with Crippen LogP contribution < -0.4 is 0 Å². The average Bonchev–Trinajstić information content (AvgIpc) is 2.83. The molecule has 0 bridgehead atoms. The van der Waals surface area contributed by atoms with Crippen LogP contribution in [0.15, 0.2) is 59.2 Å². The maximum Gasteiger partial charge on any atom is 0.363 e. The fourth-order valence-corrected chi connectivity index (χ4v) is 2.24. The predicted octanol–water partition coefficient (Wildman–Crippen LogP) is 3.99. The SMILES string of the molecule is Cc1ccccc1C=C1N=C(c2cccc(Cl)c2)OC1=O. The van der Waals surface area contributed by atoms with Crippen molar-refractivity contribution in [3.05, 3.63) is 75.9 Å². The Morgan fingerprint density at radius 1 is 1.14 bits per heavy atom. The first kappa shape index (κ1) is 13.6. The highest BCUT2D eigenvalue weighted by molar-refractivity contribution is 6.31. The van der Waals surface area contributed by atoms with Crippen LogP contribution in [-0.2, 0) is 9.53 Å². The Hall–Kier alpha value is -2.39. The molecule has 0 fully saturated rings. The van der Waals surface area contributed by atoms with E-state index in [1.165, 1.54) is 0 Å². The Labute approximate surface area is 127 Å². The zero-order chi connectivity index (χ0) is 14.8. The number of rotatable bonds is 2. The molecule has 0 atom stereocenters. The van der Waals surface area contributed by atoms with Crippen molar-refractivity contribution in [3.63, 3.8) is 0 Å². The Bertz CT molecular complexity index is 778. The number of ether oxygens (including phenoxy) is 1. The summed E-state index contributed by atoms with van der Waals surface area (Å²) in [5.74, 6) is -0.171. The molecule has 3 rings (SSSR count). The molecule has 0 amide bonds. The van der Waals surface area contributed by atoms with Gasteiger partial charge in [0.2, 0.25) is 5.90 Å². The third kappa shape index (κ3) is 2.88. The number of carbonyl (C=O) groups excluding carboxylic acids is 1. The summed E-state index contributed by atoms with van der Waals surface area (Å²) in [6.45, 7) is 1.98. The number of hydrogen-bond donors (Lipinski definition) is 0. The zero-order valence-corrected chi connectivity index (χ0v) is 12.1. The molecule has 0 unspecified atom stereocenters. The van der Waals surface area contributed by atoms with Crippen LogP contribution in [0, 0.1) is 6.92 Å². The molecule has 3 nitrogen and oxygen atoms in total. The van der Waals surface area contributed by atoms with Gasteiger partial charge in [-0.05, 0) is 42.3 Å². The molecule has 0 N–H and O–H groups in total. The van der Waals surface area contributed by atoms with Gasteiger partial charge in [0.25, 0.3) is 0 Å². The second kappa shape index (κ2) is 5.54. The van der Waals surface area contributed by atoms with Gasteiger partial charge in [-0.1, -0.05) is 41.9 Å². The molecule has 0 saturated carbocycles. The summed E-state index contributed by atoms with van der Waals surface area (Å²) in [7, 11) is 0.